The van der Waals surface area contributed by atoms with Crippen molar-refractivity contribution in [1.29, 1.82) is 0 Å². The first-order valence-electron chi connectivity index (χ1n) is 7.34. The van der Waals surface area contributed by atoms with Gasteiger partial charge in [0.15, 0.2) is 11.6 Å². The van der Waals surface area contributed by atoms with E-state index in [2.05, 4.69) is 11.8 Å². The Kier molecular flexibility index (Phi) is 3.55. The molecule has 0 aliphatic heterocycles. The van der Waals surface area contributed by atoms with Gasteiger partial charge in [-0.1, -0.05) is 12.0 Å². The van der Waals surface area contributed by atoms with Gasteiger partial charge in [0, 0.05) is 23.0 Å². The summed E-state index contributed by atoms with van der Waals surface area (Å²) in [6.07, 6.45) is 2.46. The van der Waals surface area contributed by atoms with Crippen LogP contribution < -0.4 is 4.74 Å². The minimum atomic E-state index is -0.644. The molecular weight excluding hydrogens is 264 g/mol. The molecule has 1 aromatic rings. The summed E-state index contributed by atoms with van der Waals surface area (Å²) in [4.78, 5) is 25.1. The zero-order valence-electron chi connectivity index (χ0n) is 12.3. The Bertz CT molecular complexity index is 641. The fourth-order valence-corrected chi connectivity index (χ4v) is 3.59. The zero-order valence-corrected chi connectivity index (χ0v) is 12.3. The van der Waals surface area contributed by atoms with Crippen LogP contribution in [0.5, 0.6) is 5.75 Å². The van der Waals surface area contributed by atoms with Crippen LogP contribution in [0.25, 0.3) is 0 Å². The Hall–Kier alpha value is -2.08. The second kappa shape index (κ2) is 5.37. The van der Waals surface area contributed by atoms with E-state index in [9.17, 15) is 9.59 Å². The third-order valence-electron chi connectivity index (χ3n) is 4.62. The number of benzene rings is 1. The summed E-state index contributed by atoms with van der Waals surface area (Å²) in [7, 11) is 1.56. The van der Waals surface area contributed by atoms with Gasteiger partial charge in [0.05, 0.1) is 7.11 Å². The quantitative estimate of drug-likeness (QED) is 0.619. The van der Waals surface area contributed by atoms with E-state index in [1.165, 1.54) is 0 Å². The first kappa shape index (κ1) is 13.9. The molecule has 2 fully saturated rings. The smallest absolute Gasteiger partial charge is 0.150 e. The molecule has 3 rings (SSSR count). The summed E-state index contributed by atoms with van der Waals surface area (Å²) < 4.78 is 5.40. The summed E-state index contributed by atoms with van der Waals surface area (Å²) >= 11 is 0. The molecule has 0 spiro atoms. The van der Waals surface area contributed by atoms with Crippen LogP contribution in [0.3, 0.4) is 0 Å². The number of rotatable bonds is 2. The number of carbonyl (C=O) groups is 2. The third-order valence-corrected chi connectivity index (χ3v) is 4.62. The van der Waals surface area contributed by atoms with E-state index >= 15 is 0 Å². The van der Waals surface area contributed by atoms with Crippen molar-refractivity contribution in [3.8, 4) is 17.6 Å². The number of hydrogen-bond acceptors (Lipinski definition) is 3. The van der Waals surface area contributed by atoms with Crippen LogP contribution >= 0.6 is 0 Å². The Morgan fingerprint density at radius 1 is 1.14 bits per heavy atom. The minimum Gasteiger partial charge on any atom is -0.496 e. The molecule has 3 heteroatoms. The predicted octanol–water partition coefficient (Wildman–Crippen LogP) is 2.72. The lowest BCUT2D eigenvalue weighted by atomic mass is 9.75. The molecule has 2 aliphatic rings. The fraction of sp³-hybridized carbons (Fsp3) is 0.444. The maximum Gasteiger partial charge on any atom is 0.150 e. The molecule has 2 saturated carbocycles. The molecule has 21 heavy (non-hydrogen) atoms. The van der Waals surface area contributed by atoms with Crippen LogP contribution in [-0.4, -0.2) is 18.7 Å². The molecular formula is C18H18O3. The highest BCUT2D eigenvalue weighted by Crippen LogP contribution is 2.45. The molecule has 0 aromatic heterocycles. The third kappa shape index (κ3) is 2.25. The highest BCUT2D eigenvalue weighted by atomic mass is 16.5. The highest BCUT2D eigenvalue weighted by Gasteiger charge is 2.48. The van der Waals surface area contributed by atoms with Gasteiger partial charge in [-0.05, 0) is 38.3 Å². The SMILES string of the molecule is CC#Cc1ccc(C2C(=O)C3CCC(C3)C2=O)c(OC)c1. The van der Waals surface area contributed by atoms with E-state index < -0.39 is 5.92 Å². The van der Waals surface area contributed by atoms with Gasteiger partial charge in [0.25, 0.3) is 0 Å². The van der Waals surface area contributed by atoms with Crippen molar-refractivity contribution >= 4 is 11.6 Å². The maximum absolute atomic E-state index is 12.6. The summed E-state index contributed by atoms with van der Waals surface area (Å²) in [6.45, 7) is 1.77. The topological polar surface area (TPSA) is 43.4 Å². The van der Waals surface area contributed by atoms with Crippen molar-refractivity contribution in [2.24, 2.45) is 11.8 Å². The summed E-state index contributed by atoms with van der Waals surface area (Å²) in [5, 5.41) is 0. The van der Waals surface area contributed by atoms with Crippen LogP contribution in [-0.2, 0) is 9.59 Å². The maximum atomic E-state index is 12.6. The van der Waals surface area contributed by atoms with E-state index in [0.29, 0.717) is 11.3 Å². The van der Waals surface area contributed by atoms with Crippen LogP contribution in [0.4, 0.5) is 0 Å². The lowest BCUT2D eigenvalue weighted by Crippen LogP contribution is -2.35. The van der Waals surface area contributed by atoms with Gasteiger partial charge in [-0.2, -0.15) is 0 Å². The van der Waals surface area contributed by atoms with E-state index in [1.807, 2.05) is 18.2 Å². The molecule has 0 heterocycles. The van der Waals surface area contributed by atoms with Gasteiger partial charge in [0.2, 0.25) is 0 Å². The average Bonchev–Trinajstić information content (AvgIpc) is 2.94. The molecule has 2 aliphatic carbocycles. The number of ether oxygens (including phenoxy) is 1. The first-order chi connectivity index (χ1) is 10.2. The standard InChI is InChI=1S/C18H18O3/c1-3-4-11-5-8-14(15(9-11)21-2)16-17(19)12-6-7-13(10-12)18(16)20/h5,8-9,12-13,16H,6-7,10H2,1-2H3. The van der Waals surface area contributed by atoms with Crippen molar-refractivity contribution in [2.45, 2.75) is 32.1 Å². The Morgan fingerprint density at radius 2 is 1.81 bits per heavy atom. The normalized spacial score (nSPS) is 27.2. The van der Waals surface area contributed by atoms with Gasteiger partial charge in [0.1, 0.15) is 11.7 Å². The van der Waals surface area contributed by atoms with E-state index in [-0.39, 0.29) is 23.4 Å². The van der Waals surface area contributed by atoms with Crippen molar-refractivity contribution in [1.82, 2.24) is 0 Å². The van der Waals surface area contributed by atoms with Crippen LogP contribution in [0.15, 0.2) is 18.2 Å². The molecule has 2 atom stereocenters. The van der Waals surface area contributed by atoms with E-state index in [1.54, 1.807) is 14.0 Å². The molecule has 2 bridgehead atoms. The van der Waals surface area contributed by atoms with Gasteiger partial charge >= 0.3 is 0 Å². The lowest BCUT2D eigenvalue weighted by molar-refractivity contribution is -0.136. The molecule has 108 valence electrons. The second-order valence-corrected chi connectivity index (χ2v) is 5.78. The molecule has 0 radical (unpaired) electrons. The number of hydrogen-bond donors (Lipinski definition) is 0. The zero-order chi connectivity index (χ0) is 15.0. The van der Waals surface area contributed by atoms with Crippen molar-refractivity contribution in [3.05, 3.63) is 29.3 Å². The summed E-state index contributed by atoms with van der Waals surface area (Å²) in [6, 6.07) is 5.48. The Labute approximate surface area is 124 Å². The second-order valence-electron chi connectivity index (χ2n) is 5.78. The molecule has 0 N–H and O–H groups in total. The Balaban J connectivity index is 2.04. The largest absolute Gasteiger partial charge is 0.496 e. The van der Waals surface area contributed by atoms with Crippen molar-refractivity contribution in [2.75, 3.05) is 7.11 Å². The predicted molar refractivity (Wildman–Crippen MR) is 79.1 cm³/mol. The van der Waals surface area contributed by atoms with Gasteiger partial charge in [-0.25, -0.2) is 0 Å². The number of methoxy groups -OCH3 is 1. The monoisotopic (exact) mass is 282 g/mol. The van der Waals surface area contributed by atoms with Gasteiger partial charge in [-0.15, -0.1) is 5.92 Å². The lowest BCUT2D eigenvalue weighted by Gasteiger charge is -2.26. The molecule has 1 aromatic carbocycles. The van der Waals surface area contributed by atoms with Crippen LogP contribution in [0.2, 0.25) is 0 Å². The van der Waals surface area contributed by atoms with E-state index in [0.717, 1.165) is 24.8 Å². The Morgan fingerprint density at radius 3 is 2.38 bits per heavy atom. The van der Waals surface area contributed by atoms with Crippen LogP contribution in [0, 0.1) is 23.7 Å². The molecule has 0 saturated heterocycles. The van der Waals surface area contributed by atoms with Gasteiger partial charge in [-0.3, -0.25) is 9.59 Å². The first-order valence-corrected chi connectivity index (χ1v) is 7.34. The molecule has 2 unspecified atom stereocenters. The molecule has 3 nitrogen and oxygen atoms in total. The summed E-state index contributed by atoms with van der Waals surface area (Å²) in [5.74, 6) is 5.99. The van der Waals surface area contributed by atoms with Crippen molar-refractivity contribution < 1.29 is 14.3 Å². The van der Waals surface area contributed by atoms with E-state index in [4.69, 9.17) is 4.74 Å². The number of carbonyl (C=O) groups excluding carboxylic acids is 2. The highest BCUT2D eigenvalue weighted by molar-refractivity contribution is 6.12. The summed E-state index contributed by atoms with van der Waals surface area (Å²) in [5.41, 5.74) is 1.53. The minimum absolute atomic E-state index is 0.0533. The number of fused-ring (bicyclic) bond motifs is 2. The van der Waals surface area contributed by atoms with Crippen LogP contribution in [0.1, 0.15) is 43.2 Å². The molecule has 0 amide bonds. The van der Waals surface area contributed by atoms with Gasteiger partial charge < -0.3 is 4.74 Å². The number of ketones is 2. The fourth-order valence-electron chi connectivity index (χ4n) is 3.59. The number of Topliss-reactive ketones (excluding diaryl/α,β-unsaturated/α-hetero) is 2. The average molecular weight is 282 g/mol. The van der Waals surface area contributed by atoms with Crippen molar-refractivity contribution in [3.63, 3.8) is 0 Å².